The van der Waals surface area contributed by atoms with Gasteiger partial charge in [-0.25, -0.2) is 9.37 Å². The van der Waals surface area contributed by atoms with Crippen LogP contribution < -0.4 is 4.90 Å². The van der Waals surface area contributed by atoms with Gasteiger partial charge in [-0.2, -0.15) is 13.2 Å². The molecule has 0 spiro atoms. The Morgan fingerprint density at radius 3 is 2.28 bits per heavy atom. The number of hydrogen-bond donors (Lipinski definition) is 0. The van der Waals surface area contributed by atoms with Gasteiger partial charge >= 0.3 is 6.18 Å². The minimum atomic E-state index is -4.41. The molecule has 1 aromatic heterocycles. The van der Waals surface area contributed by atoms with E-state index in [0.29, 0.717) is 38.4 Å². The van der Waals surface area contributed by atoms with Crippen LogP contribution in [0.1, 0.15) is 30.4 Å². The first kappa shape index (κ1) is 19.7. The van der Waals surface area contributed by atoms with Gasteiger partial charge in [0.15, 0.2) is 0 Å². The number of halogens is 4. The van der Waals surface area contributed by atoms with E-state index in [4.69, 9.17) is 0 Å². The first-order chi connectivity index (χ1) is 13.8. The number of hydrogen-bond acceptors (Lipinski definition) is 3. The molecule has 29 heavy (non-hydrogen) atoms. The van der Waals surface area contributed by atoms with Crippen molar-refractivity contribution in [2.75, 3.05) is 31.1 Å². The predicted molar refractivity (Wildman–Crippen MR) is 100.0 cm³/mol. The zero-order valence-corrected chi connectivity index (χ0v) is 15.8. The Morgan fingerprint density at radius 2 is 1.69 bits per heavy atom. The van der Waals surface area contributed by atoms with Gasteiger partial charge in [-0.15, -0.1) is 0 Å². The largest absolute Gasteiger partial charge is 0.417 e. The minimum Gasteiger partial charge on any atom is -0.355 e. The van der Waals surface area contributed by atoms with E-state index in [1.165, 1.54) is 18.2 Å². The molecule has 154 valence electrons. The lowest BCUT2D eigenvalue weighted by molar-refractivity contribution is -0.138. The molecule has 2 heterocycles. The standard InChI is InChI=1S/C21H21F4N3O/c22-17-5-2-15(3-6-17)20(8-9-20)19(29)28-11-1-10-27(12-13-28)18-7-4-16(14-26-18)21(23,24)25/h2-7,14H,1,8-13H2. The van der Waals surface area contributed by atoms with Crippen molar-refractivity contribution in [1.29, 1.82) is 0 Å². The predicted octanol–water partition coefficient (Wildman–Crippen LogP) is 4.01. The molecule has 0 radical (unpaired) electrons. The van der Waals surface area contributed by atoms with Gasteiger partial charge in [0.2, 0.25) is 5.91 Å². The van der Waals surface area contributed by atoms with E-state index in [2.05, 4.69) is 4.98 Å². The quantitative estimate of drug-likeness (QED) is 0.722. The van der Waals surface area contributed by atoms with Crippen molar-refractivity contribution in [3.05, 3.63) is 59.5 Å². The molecule has 0 unspecified atom stereocenters. The number of anilines is 1. The first-order valence-corrected chi connectivity index (χ1v) is 9.63. The zero-order valence-electron chi connectivity index (χ0n) is 15.8. The molecule has 2 aromatic rings. The minimum absolute atomic E-state index is 0.0475. The lowest BCUT2D eigenvalue weighted by Crippen LogP contribution is -2.41. The van der Waals surface area contributed by atoms with Crippen LogP contribution in [0.15, 0.2) is 42.6 Å². The van der Waals surface area contributed by atoms with Crippen molar-refractivity contribution in [3.8, 4) is 0 Å². The maximum absolute atomic E-state index is 13.2. The van der Waals surface area contributed by atoms with E-state index in [9.17, 15) is 22.4 Å². The summed E-state index contributed by atoms with van der Waals surface area (Å²) in [5, 5.41) is 0. The van der Waals surface area contributed by atoms with E-state index >= 15 is 0 Å². The fraction of sp³-hybridized carbons (Fsp3) is 0.429. The van der Waals surface area contributed by atoms with Crippen LogP contribution >= 0.6 is 0 Å². The van der Waals surface area contributed by atoms with E-state index in [1.807, 2.05) is 9.80 Å². The number of nitrogens with zero attached hydrogens (tertiary/aromatic N) is 3. The summed E-state index contributed by atoms with van der Waals surface area (Å²) in [6, 6.07) is 8.52. The number of pyridine rings is 1. The Balaban J connectivity index is 1.44. The van der Waals surface area contributed by atoms with Gasteiger partial charge in [0, 0.05) is 32.4 Å². The Kier molecular flexibility index (Phi) is 4.96. The second-order valence-electron chi connectivity index (χ2n) is 7.62. The molecule has 1 saturated carbocycles. The van der Waals surface area contributed by atoms with Crippen LogP contribution in [0, 0.1) is 5.82 Å². The second-order valence-corrected chi connectivity index (χ2v) is 7.62. The van der Waals surface area contributed by atoms with Gasteiger partial charge in [-0.05, 0) is 49.1 Å². The first-order valence-electron chi connectivity index (χ1n) is 9.63. The number of carbonyl (C=O) groups excluding carboxylic acids is 1. The number of benzene rings is 1. The van der Waals surface area contributed by atoms with Crippen LogP contribution in [-0.4, -0.2) is 42.0 Å². The number of rotatable bonds is 3. The molecule has 1 aromatic carbocycles. The van der Waals surface area contributed by atoms with Crippen LogP contribution in [0.25, 0.3) is 0 Å². The molecule has 0 bridgehead atoms. The summed E-state index contributed by atoms with van der Waals surface area (Å²) in [6.07, 6.45) is -1.37. The number of aromatic nitrogens is 1. The fourth-order valence-electron chi connectivity index (χ4n) is 3.91. The molecule has 1 amide bonds. The monoisotopic (exact) mass is 407 g/mol. The number of amides is 1. The van der Waals surface area contributed by atoms with Gasteiger partial charge in [0.1, 0.15) is 11.6 Å². The van der Waals surface area contributed by atoms with E-state index in [1.54, 1.807) is 12.1 Å². The molecule has 1 aliphatic heterocycles. The Labute approximate surface area is 166 Å². The third-order valence-electron chi connectivity index (χ3n) is 5.74. The van der Waals surface area contributed by atoms with Crippen LogP contribution in [-0.2, 0) is 16.4 Å². The van der Waals surface area contributed by atoms with Crippen LogP contribution in [0.2, 0.25) is 0 Å². The van der Waals surface area contributed by atoms with Crippen molar-refractivity contribution < 1.29 is 22.4 Å². The van der Waals surface area contributed by atoms with Gasteiger partial charge in [0.25, 0.3) is 0 Å². The van der Waals surface area contributed by atoms with E-state index < -0.39 is 17.2 Å². The summed E-state index contributed by atoms with van der Waals surface area (Å²) in [5.74, 6) is 0.199. The highest BCUT2D eigenvalue weighted by atomic mass is 19.4. The van der Waals surface area contributed by atoms with Crippen LogP contribution in [0.3, 0.4) is 0 Å². The molecular weight excluding hydrogens is 386 g/mol. The summed E-state index contributed by atoms with van der Waals surface area (Å²) in [7, 11) is 0. The van der Waals surface area contributed by atoms with E-state index in [0.717, 1.165) is 30.7 Å². The highest BCUT2D eigenvalue weighted by molar-refractivity contribution is 5.91. The van der Waals surface area contributed by atoms with Gasteiger partial charge in [0.05, 0.1) is 11.0 Å². The van der Waals surface area contributed by atoms with Crippen molar-refractivity contribution in [1.82, 2.24) is 9.88 Å². The summed E-state index contributed by atoms with van der Waals surface area (Å²) >= 11 is 0. The molecular formula is C21H21F4N3O. The Bertz CT molecular complexity index is 876. The topological polar surface area (TPSA) is 36.4 Å². The van der Waals surface area contributed by atoms with Gasteiger partial charge in [-0.1, -0.05) is 12.1 Å². The average Bonchev–Trinajstić information content (AvgIpc) is 3.52. The zero-order chi connectivity index (χ0) is 20.6. The smallest absolute Gasteiger partial charge is 0.355 e. The summed E-state index contributed by atoms with van der Waals surface area (Å²) in [4.78, 5) is 20.9. The molecule has 2 aliphatic rings. The van der Waals surface area contributed by atoms with E-state index in [-0.39, 0.29) is 11.7 Å². The lowest BCUT2D eigenvalue weighted by atomic mass is 9.94. The molecule has 4 nitrogen and oxygen atoms in total. The van der Waals surface area contributed by atoms with Crippen LogP contribution in [0.4, 0.5) is 23.4 Å². The SMILES string of the molecule is O=C(N1CCCN(c2ccc(C(F)(F)F)cn2)CC1)C1(c2ccc(F)cc2)CC1. The molecule has 8 heteroatoms. The summed E-state index contributed by atoms with van der Waals surface area (Å²) < 4.78 is 51.4. The maximum atomic E-state index is 13.2. The lowest BCUT2D eigenvalue weighted by Gasteiger charge is -2.27. The highest BCUT2D eigenvalue weighted by Crippen LogP contribution is 2.49. The highest BCUT2D eigenvalue weighted by Gasteiger charge is 2.53. The van der Waals surface area contributed by atoms with Gasteiger partial charge in [-0.3, -0.25) is 4.79 Å². The third kappa shape index (κ3) is 3.93. The van der Waals surface area contributed by atoms with Crippen molar-refractivity contribution >= 4 is 11.7 Å². The summed E-state index contributed by atoms with van der Waals surface area (Å²) in [6.45, 7) is 2.18. The maximum Gasteiger partial charge on any atom is 0.417 e. The molecule has 1 saturated heterocycles. The third-order valence-corrected chi connectivity index (χ3v) is 5.74. The molecule has 4 rings (SSSR count). The van der Waals surface area contributed by atoms with Crippen LogP contribution in [0.5, 0.6) is 0 Å². The number of carbonyl (C=O) groups is 1. The Hall–Kier alpha value is -2.64. The molecule has 1 aliphatic carbocycles. The van der Waals surface area contributed by atoms with Crippen molar-refractivity contribution in [2.24, 2.45) is 0 Å². The van der Waals surface area contributed by atoms with Crippen molar-refractivity contribution in [3.63, 3.8) is 0 Å². The fourth-order valence-corrected chi connectivity index (χ4v) is 3.91. The molecule has 0 N–H and O–H groups in total. The number of alkyl halides is 3. The normalized spacial score (nSPS) is 19.0. The second kappa shape index (κ2) is 7.31. The van der Waals surface area contributed by atoms with Crippen molar-refractivity contribution in [2.45, 2.75) is 30.9 Å². The van der Waals surface area contributed by atoms with Gasteiger partial charge < -0.3 is 9.80 Å². The summed E-state index contributed by atoms with van der Waals surface area (Å²) in [5.41, 5.74) is -0.493. The average molecular weight is 407 g/mol. The Morgan fingerprint density at radius 1 is 0.966 bits per heavy atom. The molecule has 0 atom stereocenters. The molecule has 2 fully saturated rings.